The summed E-state index contributed by atoms with van der Waals surface area (Å²) in [5.74, 6) is 0.386. The Labute approximate surface area is 102 Å². The lowest BCUT2D eigenvalue weighted by molar-refractivity contribution is -0.148. The molecular weight excluding hydrogens is 220 g/mol. The maximum absolute atomic E-state index is 12.2. The number of rotatable bonds is 1. The number of likely N-dealkylation sites (tertiary alicyclic amines) is 1. The second-order valence-corrected chi connectivity index (χ2v) is 4.77. The summed E-state index contributed by atoms with van der Waals surface area (Å²) in [6.07, 6.45) is 2.50. The van der Waals surface area contributed by atoms with E-state index in [2.05, 4.69) is 0 Å². The largest absolute Gasteiger partial charge is 0.361 e. The third kappa shape index (κ3) is 2.97. The van der Waals surface area contributed by atoms with Gasteiger partial charge < -0.3 is 14.5 Å². The van der Waals surface area contributed by atoms with E-state index in [0.717, 1.165) is 32.4 Å². The van der Waals surface area contributed by atoms with Gasteiger partial charge in [-0.1, -0.05) is 0 Å². The van der Waals surface area contributed by atoms with E-state index in [4.69, 9.17) is 4.74 Å². The first kappa shape index (κ1) is 12.4. The van der Waals surface area contributed by atoms with Crippen LogP contribution in [-0.4, -0.2) is 54.6 Å². The average Bonchev–Trinajstić information content (AvgIpc) is 2.39. The summed E-state index contributed by atoms with van der Waals surface area (Å²) in [7, 11) is 0. The fourth-order valence-electron chi connectivity index (χ4n) is 2.47. The lowest BCUT2D eigenvalue weighted by Crippen LogP contribution is -2.46. The van der Waals surface area contributed by atoms with Crippen molar-refractivity contribution in [3.05, 3.63) is 0 Å². The Balaban J connectivity index is 1.83. The van der Waals surface area contributed by atoms with Crippen LogP contribution in [0.15, 0.2) is 0 Å². The van der Waals surface area contributed by atoms with Crippen LogP contribution in [0.4, 0.5) is 0 Å². The van der Waals surface area contributed by atoms with Gasteiger partial charge in [-0.15, -0.1) is 0 Å². The molecule has 0 radical (unpaired) electrons. The molecule has 0 aliphatic carbocycles. The quantitative estimate of drug-likeness (QED) is 0.668. The molecule has 2 heterocycles. The van der Waals surface area contributed by atoms with Gasteiger partial charge in [0.1, 0.15) is 6.73 Å². The standard InChI is InChI=1S/C12H20N2O3/c1-10(15)13-6-3-11(4-7-13)12(16)14-5-2-8-17-9-14/h11H,2-9H2,1H3. The van der Waals surface area contributed by atoms with Crippen LogP contribution in [0.5, 0.6) is 0 Å². The predicted octanol–water partition coefficient (Wildman–Crippen LogP) is 0.451. The molecule has 2 aliphatic rings. The van der Waals surface area contributed by atoms with Crippen LogP contribution >= 0.6 is 0 Å². The lowest BCUT2D eigenvalue weighted by Gasteiger charge is -2.35. The van der Waals surface area contributed by atoms with Gasteiger partial charge in [-0.2, -0.15) is 0 Å². The Morgan fingerprint density at radius 3 is 2.35 bits per heavy atom. The fraction of sp³-hybridized carbons (Fsp3) is 0.833. The number of amides is 2. The summed E-state index contributed by atoms with van der Waals surface area (Å²) in [6.45, 7) is 5.01. The first-order chi connectivity index (χ1) is 8.18. The molecule has 0 aromatic rings. The second kappa shape index (κ2) is 5.49. The molecule has 96 valence electrons. The average molecular weight is 240 g/mol. The van der Waals surface area contributed by atoms with Crippen LogP contribution < -0.4 is 0 Å². The predicted molar refractivity (Wildman–Crippen MR) is 62.1 cm³/mol. The monoisotopic (exact) mass is 240 g/mol. The summed E-state index contributed by atoms with van der Waals surface area (Å²) in [5, 5.41) is 0. The fourth-order valence-corrected chi connectivity index (χ4v) is 2.47. The molecular formula is C12H20N2O3. The zero-order valence-electron chi connectivity index (χ0n) is 10.4. The van der Waals surface area contributed by atoms with E-state index >= 15 is 0 Å². The van der Waals surface area contributed by atoms with Crippen LogP contribution in [0.1, 0.15) is 26.2 Å². The summed E-state index contributed by atoms with van der Waals surface area (Å²) in [6, 6.07) is 0. The van der Waals surface area contributed by atoms with Crippen LogP contribution in [-0.2, 0) is 14.3 Å². The zero-order valence-corrected chi connectivity index (χ0v) is 10.4. The maximum Gasteiger partial charge on any atom is 0.227 e. The molecule has 2 rings (SSSR count). The van der Waals surface area contributed by atoms with E-state index in [9.17, 15) is 9.59 Å². The number of carbonyl (C=O) groups excluding carboxylic acids is 2. The molecule has 0 atom stereocenters. The van der Waals surface area contributed by atoms with E-state index in [-0.39, 0.29) is 17.7 Å². The summed E-state index contributed by atoms with van der Waals surface area (Å²) in [5.41, 5.74) is 0. The number of piperidine rings is 1. The van der Waals surface area contributed by atoms with E-state index in [0.29, 0.717) is 19.8 Å². The molecule has 0 unspecified atom stereocenters. The van der Waals surface area contributed by atoms with E-state index in [1.807, 2.05) is 4.90 Å². The Morgan fingerprint density at radius 1 is 1.12 bits per heavy atom. The maximum atomic E-state index is 12.2. The molecule has 0 aromatic carbocycles. The number of carbonyl (C=O) groups is 2. The third-order valence-electron chi connectivity index (χ3n) is 3.57. The van der Waals surface area contributed by atoms with Gasteiger partial charge in [0.15, 0.2) is 0 Å². The minimum atomic E-state index is 0.0762. The molecule has 0 N–H and O–H groups in total. The van der Waals surface area contributed by atoms with Gasteiger partial charge in [-0.3, -0.25) is 9.59 Å². The Morgan fingerprint density at radius 2 is 1.82 bits per heavy atom. The van der Waals surface area contributed by atoms with E-state index in [1.54, 1.807) is 11.8 Å². The molecule has 2 saturated heterocycles. The Kier molecular flexibility index (Phi) is 3.99. The zero-order chi connectivity index (χ0) is 12.3. The minimum absolute atomic E-state index is 0.0762. The van der Waals surface area contributed by atoms with Gasteiger partial charge in [-0.05, 0) is 19.3 Å². The van der Waals surface area contributed by atoms with Gasteiger partial charge >= 0.3 is 0 Å². The minimum Gasteiger partial charge on any atom is -0.361 e. The summed E-state index contributed by atoms with van der Waals surface area (Å²) < 4.78 is 5.29. The molecule has 17 heavy (non-hydrogen) atoms. The number of hydrogen-bond acceptors (Lipinski definition) is 3. The third-order valence-corrected chi connectivity index (χ3v) is 3.57. The first-order valence-corrected chi connectivity index (χ1v) is 6.30. The van der Waals surface area contributed by atoms with Gasteiger partial charge in [0.2, 0.25) is 11.8 Å². The van der Waals surface area contributed by atoms with Crippen molar-refractivity contribution in [3.63, 3.8) is 0 Å². The lowest BCUT2D eigenvalue weighted by atomic mass is 9.95. The van der Waals surface area contributed by atoms with Crippen molar-refractivity contribution < 1.29 is 14.3 Å². The van der Waals surface area contributed by atoms with E-state index < -0.39 is 0 Å². The SMILES string of the molecule is CC(=O)N1CCC(C(=O)N2CCCOC2)CC1. The summed E-state index contributed by atoms with van der Waals surface area (Å²) in [4.78, 5) is 27.0. The number of ether oxygens (including phenoxy) is 1. The van der Waals surface area contributed by atoms with Gasteiger partial charge in [0, 0.05) is 32.5 Å². The molecule has 2 aliphatic heterocycles. The van der Waals surface area contributed by atoms with Gasteiger partial charge in [0.05, 0.1) is 6.61 Å². The molecule has 5 heteroatoms. The van der Waals surface area contributed by atoms with E-state index in [1.165, 1.54) is 0 Å². The Bertz CT molecular complexity index is 292. The highest BCUT2D eigenvalue weighted by atomic mass is 16.5. The van der Waals surface area contributed by atoms with Crippen LogP contribution in [0.2, 0.25) is 0 Å². The molecule has 0 saturated carbocycles. The molecule has 0 bridgehead atoms. The van der Waals surface area contributed by atoms with Crippen molar-refractivity contribution in [1.29, 1.82) is 0 Å². The molecule has 2 fully saturated rings. The number of hydrogen-bond donors (Lipinski definition) is 0. The number of nitrogens with zero attached hydrogens (tertiary/aromatic N) is 2. The van der Waals surface area contributed by atoms with Crippen molar-refractivity contribution >= 4 is 11.8 Å². The van der Waals surface area contributed by atoms with Crippen molar-refractivity contribution in [2.24, 2.45) is 5.92 Å². The molecule has 2 amide bonds. The van der Waals surface area contributed by atoms with Crippen LogP contribution in [0.25, 0.3) is 0 Å². The normalized spacial score (nSPS) is 22.6. The smallest absolute Gasteiger partial charge is 0.227 e. The molecule has 0 spiro atoms. The topological polar surface area (TPSA) is 49.9 Å². The highest BCUT2D eigenvalue weighted by Crippen LogP contribution is 2.20. The van der Waals surface area contributed by atoms with Gasteiger partial charge in [0.25, 0.3) is 0 Å². The Hall–Kier alpha value is -1.10. The summed E-state index contributed by atoms with van der Waals surface area (Å²) >= 11 is 0. The molecule has 0 aromatic heterocycles. The molecule has 5 nitrogen and oxygen atoms in total. The van der Waals surface area contributed by atoms with Crippen molar-refractivity contribution in [2.75, 3.05) is 33.0 Å². The van der Waals surface area contributed by atoms with Gasteiger partial charge in [-0.25, -0.2) is 0 Å². The first-order valence-electron chi connectivity index (χ1n) is 6.30. The van der Waals surface area contributed by atoms with Crippen LogP contribution in [0.3, 0.4) is 0 Å². The van der Waals surface area contributed by atoms with Crippen LogP contribution in [0, 0.1) is 5.92 Å². The van der Waals surface area contributed by atoms with Crippen molar-refractivity contribution in [2.45, 2.75) is 26.2 Å². The van der Waals surface area contributed by atoms with Crippen molar-refractivity contribution in [3.8, 4) is 0 Å². The highest BCUT2D eigenvalue weighted by molar-refractivity contribution is 5.79. The second-order valence-electron chi connectivity index (χ2n) is 4.77. The van der Waals surface area contributed by atoms with Crippen molar-refractivity contribution in [1.82, 2.24) is 9.80 Å². The highest BCUT2D eigenvalue weighted by Gasteiger charge is 2.29.